The lowest BCUT2D eigenvalue weighted by molar-refractivity contribution is -0.224. The van der Waals surface area contributed by atoms with Crippen molar-refractivity contribution in [2.75, 3.05) is 19.8 Å². The van der Waals surface area contributed by atoms with Crippen molar-refractivity contribution in [1.82, 2.24) is 15.7 Å². The van der Waals surface area contributed by atoms with Gasteiger partial charge in [-0.1, -0.05) is 63.8 Å². The molecule has 4 aliphatic rings. The molecule has 4 fully saturated rings. The molecule has 1 aromatic rings. The summed E-state index contributed by atoms with van der Waals surface area (Å²) >= 11 is 0. The fraction of sp³-hybridized carbons (Fsp3) is 0.705. The van der Waals surface area contributed by atoms with Gasteiger partial charge in [-0.15, -0.1) is 0 Å². The van der Waals surface area contributed by atoms with Crippen LogP contribution in [0.1, 0.15) is 123 Å². The maximum absolute atomic E-state index is 14.7. The first-order valence-electron chi connectivity index (χ1n) is 21.7. The second-order valence-electron chi connectivity index (χ2n) is 17.5. The van der Waals surface area contributed by atoms with Crippen molar-refractivity contribution in [2.24, 2.45) is 5.41 Å². The van der Waals surface area contributed by atoms with Crippen LogP contribution in [0.2, 0.25) is 0 Å². The Morgan fingerprint density at radius 1 is 1.00 bits per heavy atom. The third-order valence-electron chi connectivity index (χ3n) is 11.5. The molecule has 346 valence electrons. The molecule has 1 saturated carbocycles. The van der Waals surface area contributed by atoms with Gasteiger partial charge in [0.1, 0.15) is 35.4 Å². The molecule has 1 aliphatic carbocycles. The Labute approximate surface area is 360 Å². The molecule has 62 heavy (non-hydrogen) atoms. The van der Waals surface area contributed by atoms with Crippen LogP contribution in [-0.2, 0) is 59.0 Å². The van der Waals surface area contributed by atoms with Crippen molar-refractivity contribution >= 4 is 35.8 Å². The summed E-state index contributed by atoms with van der Waals surface area (Å²) in [4.78, 5) is 73.0. The fourth-order valence-corrected chi connectivity index (χ4v) is 8.71. The molecule has 3 saturated heterocycles. The first-order chi connectivity index (χ1) is 29.3. The SMILES string of the molecule is CCCCCC1(CCCCC)OC2C3CC4(C(=O)NCCC(=O)NC(CO)CCC(=O)OC(C)(C)C)C(ON(Cc5ccccc5C=CC(=O)OCC(F)(F)F)C4C(=O)O3)C2O1. The number of aliphatic hydroxyl groups excluding tert-OH is 1. The minimum Gasteiger partial charge on any atom is -0.460 e. The topological polar surface area (TPSA) is 188 Å². The molecule has 0 aromatic heterocycles. The molecule has 0 radical (unpaired) electrons. The number of carbonyl (C=O) groups excluding carboxylic acids is 5. The van der Waals surface area contributed by atoms with E-state index < -0.39 is 102 Å². The second kappa shape index (κ2) is 21.1. The van der Waals surface area contributed by atoms with E-state index in [4.69, 9.17) is 23.8 Å². The number of hydroxylamine groups is 2. The molecular formula is C44H62F3N3O12. The number of esters is 3. The van der Waals surface area contributed by atoms with Gasteiger partial charge in [-0.05, 0) is 57.2 Å². The predicted molar refractivity (Wildman–Crippen MR) is 216 cm³/mol. The monoisotopic (exact) mass is 881 g/mol. The van der Waals surface area contributed by atoms with Gasteiger partial charge in [0.25, 0.3) is 0 Å². The van der Waals surface area contributed by atoms with Gasteiger partial charge in [-0.3, -0.25) is 24.0 Å². The van der Waals surface area contributed by atoms with Crippen LogP contribution in [0, 0.1) is 5.41 Å². The molecule has 2 amide bonds. The maximum Gasteiger partial charge on any atom is 0.422 e. The highest BCUT2D eigenvalue weighted by atomic mass is 19.4. The minimum absolute atomic E-state index is 0.0248. The standard InChI is InChI=1S/C44H62F3N3O12/c1-6-8-12-21-42(22-13-9-7-2)60-35-31-24-43(40(56)48-23-20-32(52)49-30(26-51)17-19-34(54)59-41(3,4)5)37(39(55)58-31)50(62-38(43)36(35)61-42)25-29-15-11-10-14-28(29)16-18-33(53)57-27-44(45,46)47/h10-11,14-16,18,30-31,35-38,51H,6-9,12-13,17,19-27H2,1-5H3,(H,48,56)(H,49,52). The van der Waals surface area contributed by atoms with Gasteiger partial charge >= 0.3 is 24.1 Å². The van der Waals surface area contributed by atoms with E-state index in [1.54, 1.807) is 45.0 Å². The van der Waals surface area contributed by atoms with Crippen LogP contribution in [0.25, 0.3) is 6.08 Å². The van der Waals surface area contributed by atoms with Crippen LogP contribution in [0.3, 0.4) is 0 Å². The van der Waals surface area contributed by atoms with E-state index >= 15 is 0 Å². The third-order valence-corrected chi connectivity index (χ3v) is 11.5. The van der Waals surface area contributed by atoms with E-state index in [0.29, 0.717) is 24.0 Å². The smallest absolute Gasteiger partial charge is 0.422 e. The van der Waals surface area contributed by atoms with Crippen LogP contribution < -0.4 is 10.6 Å². The van der Waals surface area contributed by atoms with Crippen molar-refractivity contribution in [3.8, 4) is 0 Å². The summed E-state index contributed by atoms with van der Waals surface area (Å²) in [5.74, 6) is -4.46. The van der Waals surface area contributed by atoms with E-state index in [1.165, 1.54) is 11.1 Å². The minimum atomic E-state index is -4.70. The summed E-state index contributed by atoms with van der Waals surface area (Å²) in [6, 6.07) is 4.64. The maximum atomic E-state index is 14.7. The average molecular weight is 882 g/mol. The Morgan fingerprint density at radius 3 is 2.32 bits per heavy atom. The summed E-state index contributed by atoms with van der Waals surface area (Å²) < 4.78 is 67.4. The first-order valence-corrected chi connectivity index (χ1v) is 21.7. The lowest BCUT2D eigenvalue weighted by Crippen LogP contribution is -2.69. The second-order valence-corrected chi connectivity index (χ2v) is 17.5. The Bertz CT molecular complexity index is 1760. The van der Waals surface area contributed by atoms with E-state index in [-0.39, 0.29) is 38.8 Å². The first kappa shape index (κ1) is 48.9. The summed E-state index contributed by atoms with van der Waals surface area (Å²) in [5.41, 5.74) is -1.34. The summed E-state index contributed by atoms with van der Waals surface area (Å²) in [6.45, 7) is 6.99. The molecular weight excluding hydrogens is 819 g/mol. The number of halogens is 3. The molecule has 7 unspecified atom stereocenters. The van der Waals surface area contributed by atoms with Crippen LogP contribution >= 0.6 is 0 Å². The summed E-state index contributed by atoms with van der Waals surface area (Å²) in [7, 11) is 0. The van der Waals surface area contributed by atoms with Gasteiger partial charge < -0.3 is 39.4 Å². The molecule has 5 rings (SSSR count). The van der Waals surface area contributed by atoms with E-state index in [2.05, 4.69) is 29.2 Å². The third kappa shape index (κ3) is 12.3. The van der Waals surface area contributed by atoms with Gasteiger partial charge in [-0.2, -0.15) is 18.2 Å². The summed E-state index contributed by atoms with van der Waals surface area (Å²) in [5, 5.41) is 16.8. The van der Waals surface area contributed by atoms with Crippen molar-refractivity contribution < 1.29 is 70.8 Å². The molecule has 3 heterocycles. The van der Waals surface area contributed by atoms with E-state index in [0.717, 1.165) is 44.6 Å². The van der Waals surface area contributed by atoms with Crippen molar-refractivity contribution in [1.29, 1.82) is 0 Å². The molecule has 18 heteroatoms. The number of nitrogens with zero attached hydrogens (tertiary/aromatic N) is 1. The van der Waals surface area contributed by atoms with Crippen molar-refractivity contribution in [3.63, 3.8) is 0 Å². The van der Waals surface area contributed by atoms with Crippen LogP contribution in [0.4, 0.5) is 13.2 Å². The largest absolute Gasteiger partial charge is 0.460 e. The lowest BCUT2D eigenvalue weighted by Gasteiger charge is -2.48. The number of hydrogen-bond donors (Lipinski definition) is 3. The van der Waals surface area contributed by atoms with Crippen LogP contribution in [0.5, 0.6) is 0 Å². The number of amides is 2. The van der Waals surface area contributed by atoms with E-state index in [1.807, 2.05) is 0 Å². The number of ether oxygens (including phenoxy) is 5. The molecule has 3 aliphatic heterocycles. The van der Waals surface area contributed by atoms with Gasteiger partial charge in [0.05, 0.1) is 19.2 Å². The zero-order chi connectivity index (χ0) is 45.3. The fourth-order valence-electron chi connectivity index (χ4n) is 8.71. The van der Waals surface area contributed by atoms with Crippen LogP contribution in [0.15, 0.2) is 30.3 Å². The lowest BCUT2D eigenvalue weighted by atomic mass is 9.62. The van der Waals surface area contributed by atoms with E-state index in [9.17, 15) is 42.3 Å². The van der Waals surface area contributed by atoms with Crippen LogP contribution in [-0.4, -0.2) is 114 Å². The Balaban J connectivity index is 1.38. The highest BCUT2D eigenvalue weighted by Gasteiger charge is 2.76. The number of hydrogen-bond acceptors (Lipinski definition) is 13. The van der Waals surface area contributed by atoms with Gasteiger partial charge in [0, 0.05) is 44.7 Å². The zero-order valence-electron chi connectivity index (χ0n) is 36.3. The number of nitrogens with one attached hydrogen (secondary N) is 2. The molecule has 3 N–H and O–H groups in total. The summed E-state index contributed by atoms with van der Waals surface area (Å²) in [6.07, 6.45) is 0.608. The average Bonchev–Trinajstić information content (AvgIpc) is 3.76. The molecule has 1 aromatic carbocycles. The number of aliphatic hydroxyl groups is 1. The molecule has 0 spiro atoms. The number of fused-ring (bicyclic) bond motifs is 4. The molecule has 15 nitrogen and oxygen atoms in total. The number of alkyl halides is 3. The number of carbonyl (C=O) groups is 5. The Morgan fingerprint density at radius 2 is 1.68 bits per heavy atom. The number of rotatable bonds is 22. The number of unbranched alkanes of at least 4 members (excludes halogenated alkanes) is 4. The molecule has 2 bridgehead atoms. The Kier molecular flexibility index (Phi) is 16.6. The van der Waals surface area contributed by atoms with Gasteiger partial charge in [0.2, 0.25) is 11.8 Å². The quantitative estimate of drug-likeness (QED) is 0.0586. The predicted octanol–water partition coefficient (Wildman–Crippen LogP) is 5.35. The van der Waals surface area contributed by atoms with Crippen molar-refractivity contribution in [3.05, 3.63) is 41.5 Å². The highest BCUT2D eigenvalue weighted by molar-refractivity contribution is 5.94. The van der Waals surface area contributed by atoms with Crippen molar-refractivity contribution in [2.45, 2.75) is 172 Å². The molecule has 7 atom stereocenters. The highest BCUT2D eigenvalue weighted by Crippen LogP contribution is 2.58. The zero-order valence-corrected chi connectivity index (χ0v) is 36.3. The van der Waals surface area contributed by atoms with Gasteiger partial charge in [-0.25, -0.2) is 4.79 Å². The Hall–Kier alpha value is -4.10. The van der Waals surface area contributed by atoms with Gasteiger partial charge in [0.15, 0.2) is 18.4 Å². The normalized spacial score (nSPS) is 25.8. The number of benzene rings is 1.